The predicted molar refractivity (Wildman–Crippen MR) is 33.3 cm³/mol. The van der Waals surface area contributed by atoms with Gasteiger partial charge in [-0.1, -0.05) is 0 Å². The molecule has 2 nitrogen and oxygen atoms in total. The summed E-state index contributed by atoms with van der Waals surface area (Å²) in [6.45, 7) is 1.59. The van der Waals surface area contributed by atoms with Crippen LogP contribution < -0.4 is 5.73 Å². The first kappa shape index (κ1) is 6.01. The second-order valence-electron chi connectivity index (χ2n) is 1.84. The van der Waals surface area contributed by atoms with E-state index in [1.165, 1.54) is 12.3 Å². The quantitative estimate of drug-likeness (QED) is 0.565. The Morgan fingerprint density at radius 1 is 1.67 bits per heavy atom. The maximum atomic E-state index is 12.4. The van der Waals surface area contributed by atoms with E-state index >= 15 is 0 Å². The molecule has 0 bridgehead atoms. The fourth-order valence-electron chi connectivity index (χ4n) is 0.521. The number of hydrogen-bond donors (Lipinski definition) is 1. The van der Waals surface area contributed by atoms with Crippen LogP contribution in [0.1, 0.15) is 5.69 Å². The van der Waals surface area contributed by atoms with Crippen LogP contribution in [0, 0.1) is 12.7 Å². The average molecular weight is 126 g/mol. The van der Waals surface area contributed by atoms with Gasteiger partial charge in [-0.15, -0.1) is 0 Å². The van der Waals surface area contributed by atoms with Crippen molar-refractivity contribution in [3.05, 3.63) is 23.8 Å². The third-order valence-corrected chi connectivity index (χ3v) is 1.05. The molecule has 0 radical (unpaired) electrons. The Morgan fingerprint density at radius 3 is 2.78 bits per heavy atom. The number of rotatable bonds is 0. The summed E-state index contributed by atoms with van der Waals surface area (Å²) in [5, 5.41) is 0. The van der Waals surface area contributed by atoms with Gasteiger partial charge < -0.3 is 5.73 Å². The summed E-state index contributed by atoms with van der Waals surface area (Å²) < 4.78 is 12.4. The third-order valence-electron chi connectivity index (χ3n) is 1.05. The van der Waals surface area contributed by atoms with Gasteiger partial charge >= 0.3 is 0 Å². The highest BCUT2D eigenvalue weighted by Crippen LogP contribution is 2.05. The minimum Gasteiger partial charge on any atom is -0.397 e. The van der Waals surface area contributed by atoms with Crippen LogP contribution in [-0.2, 0) is 0 Å². The van der Waals surface area contributed by atoms with Gasteiger partial charge in [-0.3, -0.25) is 4.98 Å². The molecule has 1 aromatic heterocycles. The van der Waals surface area contributed by atoms with E-state index in [9.17, 15) is 4.39 Å². The van der Waals surface area contributed by atoms with Crippen LogP contribution in [0.25, 0.3) is 0 Å². The van der Waals surface area contributed by atoms with Gasteiger partial charge in [0, 0.05) is 6.07 Å². The van der Waals surface area contributed by atoms with Crippen molar-refractivity contribution in [1.29, 1.82) is 0 Å². The maximum absolute atomic E-state index is 12.4. The zero-order chi connectivity index (χ0) is 6.85. The molecule has 0 spiro atoms. The smallest absolute Gasteiger partial charge is 0.146 e. The number of aromatic nitrogens is 1. The van der Waals surface area contributed by atoms with E-state index in [1.54, 1.807) is 6.92 Å². The highest BCUT2D eigenvalue weighted by Gasteiger charge is 1.95. The Balaban J connectivity index is 3.17. The SMILES string of the molecule is Cc1ncc(N)cc1F. The molecule has 0 aliphatic carbocycles. The van der Waals surface area contributed by atoms with Crippen LogP contribution in [-0.4, -0.2) is 4.98 Å². The minimum absolute atomic E-state index is 0.352. The molecule has 0 aliphatic heterocycles. The van der Waals surface area contributed by atoms with Gasteiger partial charge in [0.05, 0.1) is 17.6 Å². The first-order chi connectivity index (χ1) is 4.20. The number of aryl methyl sites for hydroxylation is 1. The Bertz CT molecular complexity index is 222. The molecule has 0 unspecified atom stereocenters. The van der Waals surface area contributed by atoms with Crippen molar-refractivity contribution in [3.8, 4) is 0 Å². The zero-order valence-corrected chi connectivity index (χ0v) is 5.06. The number of halogens is 1. The van der Waals surface area contributed by atoms with Crippen molar-refractivity contribution in [2.45, 2.75) is 6.92 Å². The van der Waals surface area contributed by atoms with E-state index in [1.807, 2.05) is 0 Å². The molecule has 1 aromatic rings. The first-order valence-corrected chi connectivity index (χ1v) is 2.58. The molecule has 0 atom stereocenters. The van der Waals surface area contributed by atoms with Gasteiger partial charge in [-0.05, 0) is 6.92 Å². The number of hydrogen-bond acceptors (Lipinski definition) is 2. The molecule has 0 fully saturated rings. The van der Waals surface area contributed by atoms with Gasteiger partial charge in [0.15, 0.2) is 0 Å². The number of nitrogens with two attached hydrogens (primary N) is 1. The number of anilines is 1. The van der Waals surface area contributed by atoms with Crippen molar-refractivity contribution in [2.24, 2.45) is 0 Å². The van der Waals surface area contributed by atoms with Crippen LogP contribution in [0.5, 0.6) is 0 Å². The minimum atomic E-state index is -0.352. The van der Waals surface area contributed by atoms with Crippen LogP contribution in [0.15, 0.2) is 12.3 Å². The second kappa shape index (κ2) is 2.01. The normalized spacial score (nSPS) is 9.56. The molecule has 9 heavy (non-hydrogen) atoms. The summed E-state index contributed by atoms with van der Waals surface area (Å²) in [7, 11) is 0. The molecule has 0 saturated carbocycles. The van der Waals surface area contributed by atoms with E-state index in [2.05, 4.69) is 4.98 Å². The second-order valence-corrected chi connectivity index (χ2v) is 1.84. The van der Waals surface area contributed by atoms with Gasteiger partial charge in [-0.25, -0.2) is 4.39 Å². The van der Waals surface area contributed by atoms with Crippen molar-refractivity contribution in [3.63, 3.8) is 0 Å². The summed E-state index contributed by atoms with van der Waals surface area (Å²) in [5.74, 6) is -0.352. The van der Waals surface area contributed by atoms with Gasteiger partial charge in [0.1, 0.15) is 5.82 Å². The summed E-state index contributed by atoms with van der Waals surface area (Å²) in [5.41, 5.74) is 5.96. The van der Waals surface area contributed by atoms with Crippen molar-refractivity contribution >= 4 is 5.69 Å². The Morgan fingerprint density at radius 2 is 2.33 bits per heavy atom. The van der Waals surface area contributed by atoms with Crippen molar-refractivity contribution in [2.75, 3.05) is 5.73 Å². The molecule has 48 valence electrons. The summed E-state index contributed by atoms with van der Waals surface area (Å²) in [4.78, 5) is 3.68. The number of nitrogen functional groups attached to an aromatic ring is 1. The van der Waals surface area contributed by atoms with Crippen LogP contribution in [0.4, 0.5) is 10.1 Å². The lowest BCUT2D eigenvalue weighted by molar-refractivity contribution is 0.610. The Labute approximate surface area is 52.5 Å². The highest BCUT2D eigenvalue weighted by atomic mass is 19.1. The topological polar surface area (TPSA) is 38.9 Å². The molecule has 0 saturated heterocycles. The molecule has 1 heterocycles. The zero-order valence-electron chi connectivity index (χ0n) is 5.06. The lowest BCUT2D eigenvalue weighted by Crippen LogP contribution is -1.91. The summed E-state index contributed by atoms with van der Waals surface area (Å²) in [6, 6.07) is 1.25. The molecule has 0 aliphatic rings. The predicted octanol–water partition coefficient (Wildman–Crippen LogP) is 1.11. The largest absolute Gasteiger partial charge is 0.397 e. The molecular weight excluding hydrogens is 119 g/mol. The third kappa shape index (κ3) is 1.16. The number of nitrogens with zero attached hydrogens (tertiary/aromatic N) is 1. The molecular formula is C6H7FN2. The van der Waals surface area contributed by atoms with Gasteiger partial charge in [0.25, 0.3) is 0 Å². The summed E-state index contributed by atoms with van der Waals surface area (Å²) >= 11 is 0. The van der Waals surface area contributed by atoms with Crippen molar-refractivity contribution in [1.82, 2.24) is 4.98 Å². The van der Waals surface area contributed by atoms with E-state index in [0.717, 1.165) is 0 Å². The van der Waals surface area contributed by atoms with E-state index in [-0.39, 0.29) is 5.82 Å². The van der Waals surface area contributed by atoms with E-state index < -0.39 is 0 Å². The van der Waals surface area contributed by atoms with E-state index in [4.69, 9.17) is 5.73 Å². The maximum Gasteiger partial charge on any atom is 0.146 e. The summed E-state index contributed by atoms with van der Waals surface area (Å²) in [6.07, 6.45) is 1.43. The number of pyridine rings is 1. The standard InChI is InChI=1S/C6H7FN2/c1-4-6(7)2-5(8)3-9-4/h2-3H,8H2,1H3. The van der Waals surface area contributed by atoms with Gasteiger partial charge in [0.2, 0.25) is 0 Å². The monoisotopic (exact) mass is 126 g/mol. The highest BCUT2D eigenvalue weighted by molar-refractivity contribution is 5.35. The first-order valence-electron chi connectivity index (χ1n) is 2.58. The molecule has 0 aromatic carbocycles. The fraction of sp³-hybridized carbons (Fsp3) is 0.167. The lowest BCUT2D eigenvalue weighted by Gasteiger charge is -1.94. The molecule has 2 N–H and O–H groups in total. The average Bonchev–Trinajstić information content (AvgIpc) is 1.80. The van der Waals surface area contributed by atoms with Crippen molar-refractivity contribution < 1.29 is 4.39 Å². The Kier molecular flexibility index (Phi) is 1.34. The van der Waals surface area contributed by atoms with Crippen LogP contribution in [0.2, 0.25) is 0 Å². The van der Waals surface area contributed by atoms with Crippen LogP contribution >= 0.6 is 0 Å². The van der Waals surface area contributed by atoms with Gasteiger partial charge in [-0.2, -0.15) is 0 Å². The fourth-order valence-corrected chi connectivity index (χ4v) is 0.521. The van der Waals surface area contributed by atoms with E-state index in [0.29, 0.717) is 11.4 Å². The molecule has 1 rings (SSSR count). The van der Waals surface area contributed by atoms with Crippen LogP contribution in [0.3, 0.4) is 0 Å². The molecule has 3 heteroatoms. The molecule has 0 amide bonds. The lowest BCUT2D eigenvalue weighted by atomic mass is 10.3. The Hall–Kier alpha value is -1.12.